The molecule has 0 aliphatic heterocycles. The Bertz CT molecular complexity index is 767. The molecule has 0 aliphatic carbocycles. The van der Waals surface area contributed by atoms with Crippen molar-refractivity contribution in [3.8, 4) is 0 Å². The van der Waals surface area contributed by atoms with Gasteiger partial charge in [-0.2, -0.15) is 0 Å². The van der Waals surface area contributed by atoms with E-state index in [4.69, 9.17) is 0 Å². The highest BCUT2D eigenvalue weighted by Gasteiger charge is 2.21. The molecule has 0 unspecified atom stereocenters. The van der Waals surface area contributed by atoms with E-state index in [2.05, 4.69) is 10.6 Å². The monoisotopic (exact) mass is 367 g/mol. The maximum absolute atomic E-state index is 12.9. The van der Waals surface area contributed by atoms with Gasteiger partial charge in [0.2, 0.25) is 5.91 Å². The maximum atomic E-state index is 12.9. The third-order valence-electron chi connectivity index (χ3n) is 3.87. The van der Waals surface area contributed by atoms with Crippen LogP contribution in [0.15, 0.2) is 54.6 Å². The van der Waals surface area contributed by atoms with Crippen molar-refractivity contribution in [1.82, 2.24) is 10.6 Å². The van der Waals surface area contributed by atoms with Crippen LogP contribution in [0, 0.1) is 0 Å². The average molecular weight is 367 g/mol. The molecule has 0 fully saturated rings. The van der Waals surface area contributed by atoms with Crippen molar-refractivity contribution in [2.45, 2.75) is 46.2 Å². The molecule has 144 valence electrons. The topological polar surface area (TPSA) is 61.4 Å². The lowest BCUT2D eigenvalue weighted by atomic mass is 10.1. The van der Waals surface area contributed by atoms with Gasteiger partial charge in [0.1, 0.15) is 0 Å². The summed E-state index contributed by atoms with van der Waals surface area (Å²) in [7, 11) is 0. The molecular formula is C22H29N3O2. The molecule has 0 saturated heterocycles. The van der Waals surface area contributed by atoms with Crippen LogP contribution in [0.3, 0.4) is 0 Å². The summed E-state index contributed by atoms with van der Waals surface area (Å²) in [6, 6.07) is 17.3. The Kier molecular flexibility index (Phi) is 6.99. The van der Waals surface area contributed by atoms with Crippen molar-refractivity contribution in [3.63, 3.8) is 0 Å². The van der Waals surface area contributed by atoms with Gasteiger partial charge in [-0.05, 0) is 51.0 Å². The predicted molar refractivity (Wildman–Crippen MR) is 110 cm³/mol. The minimum absolute atomic E-state index is 0.0246. The summed E-state index contributed by atoms with van der Waals surface area (Å²) in [4.78, 5) is 26.5. The molecule has 0 atom stereocenters. The largest absolute Gasteiger partial charge is 0.356 e. The molecule has 0 aliphatic rings. The van der Waals surface area contributed by atoms with Crippen LogP contribution in [0.25, 0.3) is 0 Å². The number of likely N-dealkylation sites (N-methyl/N-ethyl adjacent to an activating group) is 1. The van der Waals surface area contributed by atoms with E-state index < -0.39 is 0 Å². The number of hydrogen-bond donors (Lipinski definition) is 2. The van der Waals surface area contributed by atoms with Crippen molar-refractivity contribution in [1.29, 1.82) is 0 Å². The highest BCUT2D eigenvalue weighted by molar-refractivity contribution is 5.92. The summed E-state index contributed by atoms with van der Waals surface area (Å²) in [6.45, 7) is 8.82. The fourth-order valence-electron chi connectivity index (χ4n) is 2.71. The first-order valence-electron chi connectivity index (χ1n) is 9.28. The van der Waals surface area contributed by atoms with Crippen molar-refractivity contribution < 1.29 is 9.59 Å². The van der Waals surface area contributed by atoms with Crippen LogP contribution in [0.1, 0.15) is 38.8 Å². The molecule has 0 bridgehead atoms. The van der Waals surface area contributed by atoms with Crippen molar-refractivity contribution in [3.05, 3.63) is 65.7 Å². The van der Waals surface area contributed by atoms with Crippen LogP contribution in [0.2, 0.25) is 0 Å². The molecule has 27 heavy (non-hydrogen) atoms. The second kappa shape index (κ2) is 9.21. The molecular weight excluding hydrogens is 338 g/mol. The summed E-state index contributed by atoms with van der Waals surface area (Å²) in [5, 5.41) is 5.83. The number of nitrogens with one attached hydrogen (secondary N) is 2. The van der Waals surface area contributed by atoms with E-state index in [1.807, 2.05) is 82.3 Å². The van der Waals surface area contributed by atoms with Crippen LogP contribution in [-0.2, 0) is 17.8 Å². The molecule has 3 amide bonds. The third-order valence-corrected chi connectivity index (χ3v) is 3.87. The number of urea groups is 1. The van der Waals surface area contributed by atoms with Gasteiger partial charge in [0.15, 0.2) is 0 Å². The SMILES string of the molecule is CCNC(=O)Cc1cccc(N(Cc2ccccc2)C(=O)NC(C)(C)C)c1. The smallest absolute Gasteiger partial charge is 0.322 e. The second-order valence-corrected chi connectivity index (χ2v) is 7.55. The number of hydrogen-bond acceptors (Lipinski definition) is 2. The number of anilines is 1. The first kappa shape index (κ1) is 20.5. The number of rotatable bonds is 6. The zero-order valence-corrected chi connectivity index (χ0v) is 16.6. The van der Waals surface area contributed by atoms with Crippen LogP contribution in [0.5, 0.6) is 0 Å². The summed E-state index contributed by atoms with van der Waals surface area (Å²) >= 11 is 0. The van der Waals surface area contributed by atoms with Gasteiger partial charge < -0.3 is 10.6 Å². The van der Waals surface area contributed by atoms with Gasteiger partial charge in [0, 0.05) is 17.8 Å². The molecule has 0 heterocycles. The Labute approximate surface area is 161 Å². The number of carbonyl (C=O) groups is 2. The summed E-state index contributed by atoms with van der Waals surface area (Å²) in [5.74, 6) is -0.0246. The third kappa shape index (κ3) is 6.77. The lowest BCUT2D eigenvalue weighted by Crippen LogP contribution is -2.48. The first-order chi connectivity index (χ1) is 12.8. The highest BCUT2D eigenvalue weighted by atomic mass is 16.2. The second-order valence-electron chi connectivity index (χ2n) is 7.55. The Morgan fingerprint density at radius 3 is 2.26 bits per heavy atom. The molecule has 0 radical (unpaired) electrons. The van der Waals surface area contributed by atoms with E-state index in [9.17, 15) is 9.59 Å². The van der Waals surface area contributed by atoms with E-state index in [1.54, 1.807) is 4.90 Å². The standard InChI is InChI=1S/C22H29N3O2/c1-5-23-20(26)15-18-12-9-13-19(14-18)25(21(27)24-22(2,3)4)16-17-10-7-6-8-11-17/h6-14H,5,15-16H2,1-4H3,(H,23,26)(H,24,27). The highest BCUT2D eigenvalue weighted by Crippen LogP contribution is 2.20. The van der Waals surface area contributed by atoms with Crippen LogP contribution in [-0.4, -0.2) is 24.0 Å². The van der Waals surface area contributed by atoms with Gasteiger partial charge in [-0.25, -0.2) is 4.79 Å². The number of carbonyl (C=O) groups excluding carboxylic acids is 2. The Morgan fingerprint density at radius 2 is 1.63 bits per heavy atom. The van der Waals surface area contributed by atoms with E-state index >= 15 is 0 Å². The quantitative estimate of drug-likeness (QED) is 0.814. The maximum Gasteiger partial charge on any atom is 0.322 e. The predicted octanol–water partition coefficient (Wildman–Crippen LogP) is 3.88. The molecule has 2 aromatic rings. The number of nitrogens with zero attached hydrogens (tertiary/aromatic N) is 1. The zero-order chi connectivity index (χ0) is 19.9. The van der Waals surface area contributed by atoms with Gasteiger partial charge in [-0.3, -0.25) is 9.69 Å². The van der Waals surface area contributed by atoms with Gasteiger partial charge >= 0.3 is 6.03 Å². The minimum atomic E-state index is -0.343. The fraction of sp³-hybridized carbons (Fsp3) is 0.364. The average Bonchev–Trinajstić information content (AvgIpc) is 2.59. The van der Waals surface area contributed by atoms with Crippen molar-refractivity contribution in [2.24, 2.45) is 0 Å². The minimum Gasteiger partial charge on any atom is -0.356 e. The molecule has 2 N–H and O–H groups in total. The Morgan fingerprint density at radius 1 is 0.963 bits per heavy atom. The van der Waals surface area contributed by atoms with Crippen molar-refractivity contribution in [2.75, 3.05) is 11.4 Å². The molecule has 2 aromatic carbocycles. The molecule has 0 saturated carbocycles. The summed E-state index contributed by atoms with van der Waals surface area (Å²) in [6.07, 6.45) is 0.293. The van der Waals surface area contributed by atoms with Crippen LogP contribution < -0.4 is 15.5 Å². The van der Waals surface area contributed by atoms with Gasteiger partial charge in [-0.1, -0.05) is 42.5 Å². The summed E-state index contributed by atoms with van der Waals surface area (Å²) in [5.41, 5.74) is 2.34. The number of amides is 3. The molecule has 5 heteroatoms. The lowest BCUT2D eigenvalue weighted by Gasteiger charge is -2.29. The Balaban J connectivity index is 2.29. The van der Waals surface area contributed by atoms with E-state index in [0.29, 0.717) is 19.5 Å². The van der Waals surface area contributed by atoms with Crippen LogP contribution >= 0.6 is 0 Å². The summed E-state index contributed by atoms with van der Waals surface area (Å²) < 4.78 is 0. The number of benzene rings is 2. The van der Waals surface area contributed by atoms with E-state index in [1.165, 1.54) is 0 Å². The van der Waals surface area contributed by atoms with Gasteiger partial charge in [0.25, 0.3) is 0 Å². The van der Waals surface area contributed by atoms with Crippen molar-refractivity contribution >= 4 is 17.6 Å². The normalized spacial score (nSPS) is 11.0. The molecule has 2 rings (SSSR count). The zero-order valence-electron chi connectivity index (χ0n) is 16.6. The fourth-order valence-corrected chi connectivity index (χ4v) is 2.71. The molecule has 5 nitrogen and oxygen atoms in total. The van der Waals surface area contributed by atoms with Gasteiger partial charge in [0.05, 0.1) is 13.0 Å². The van der Waals surface area contributed by atoms with Crippen LogP contribution in [0.4, 0.5) is 10.5 Å². The van der Waals surface area contributed by atoms with E-state index in [0.717, 1.165) is 16.8 Å². The molecule has 0 spiro atoms. The first-order valence-corrected chi connectivity index (χ1v) is 9.28. The van der Waals surface area contributed by atoms with E-state index in [-0.39, 0.29) is 17.5 Å². The lowest BCUT2D eigenvalue weighted by molar-refractivity contribution is -0.120. The molecule has 0 aromatic heterocycles. The Hall–Kier alpha value is -2.82. The van der Waals surface area contributed by atoms with Gasteiger partial charge in [-0.15, -0.1) is 0 Å².